The van der Waals surface area contributed by atoms with E-state index in [4.69, 9.17) is 0 Å². The van der Waals surface area contributed by atoms with Crippen molar-refractivity contribution in [1.29, 1.82) is 0 Å². The Morgan fingerprint density at radius 2 is 1.94 bits per heavy atom. The number of hydrogen-bond acceptors (Lipinski definition) is 3. The summed E-state index contributed by atoms with van der Waals surface area (Å²) < 4.78 is 0. The van der Waals surface area contributed by atoms with Crippen molar-refractivity contribution in [3.05, 3.63) is 29.3 Å². The van der Waals surface area contributed by atoms with E-state index in [1.165, 1.54) is 0 Å². The first-order chi connectivity index (χ1) is 8.50. The zero-order valence-electron chi connectivity index (χ0n) is 11.1. The van der Waals surface area contributed by atoms with Crippen molar-refractivity contribution in [3.63, 3.8) is 0 Å². The van der Waals surface area contributed by atoms with Gasteiger partial charge in [-0.3, -0.25) is 9.59 Å². The minimum Gasteiger partial charge on any atom is -0.309 e. The van der Waals surface area contributed by atoms with Crippen LogP contribution >= 0.6 is 0 Å². The van der Waals surface area contributed by atoms with E-state index in [1.807, 2.05) is 33.2 Å². The maximum atomic E-state index is 11.9. The lowest BCUT2D eigenvalue weighted by Crippen LogP contribution is -2.32. The molecule has 0 saturated carbocycles. The molecule has 1 amide bonds. The number of nitrogens with zero attached hydrogens (tertiary/aromatic N) is 2. The molecule has 0 radical (unpaired) electrons. The molecule has 4 heteroatoms. The van der Waals surface area contributed by atoms with Gasteiger partial charge in [0.15, 0.2) is 0 Å². The number of Topliss-reactive ketones (excluding diaryl/α,β-unsaturated/α-hetero) is 1. The Labute approximate surface area is 107 Å². The van der Waals surface area contributed by atoms with Crippen molar-refractivity contribution in [2.24, 2.45) is 0 Å². The summed E-state index contributed by atoms with van der Waals surface area (Å²) in [5.74, 6) is -0.770. The molecule has 2 rings (SSSR count). The van der Waals surface area contributed by atoms with Crippen LogP contribution in [0, 0.1) is 6.92 Å². The highest BCUT2D eigenvalue weighted by atomic mass is 16.2. The number of rotatable bonds is 4. The Hall–Kier alpha value is -1.68. The largest absolute Gasteiger partial charge is 0.309 e. The number of fused-ring (bicyclic) bond motifs is 1. The maximum Gasteiger partial charge on any atom is 0.299 e. The third-order valence-corrected chi connectivity index (χ3v) is 3.11. The zero-order chi connectivity index (χ0) is 13.3. The summed E-state index contributed by atoms with van der Waals surface area (Å²) in [6.07, 6.45) is 0.860. The number of aryl methyl sites for hydroxylation is 1. The minimum absolute atomic E-state index is 0.376. The van der Waals surface area contributed by atoms with Crippen molar-refractivity contribution in [1.82, 2.24) is 4.90 Å². The molecular weight excluding hydrogens is 228 g/mol. The van der Waals surface area contributed by atoms with Gasteiger partial charge in [0.2, 0.25) is 0 Å². The summed E-state index contributed by atoms with van der Waals surface area (Å²) in [4.78, 5) is 27.4. The van der Waals surface area contributed by atoms with Gasteiger partial charge in [-0.05, 0) is 46.1 Å². The van der Waals surface area contributed by atoms with Gasteiger partial charge in [-0.1, -0.05) is 11.6 Å². The molecule has 0 unspecified atom stereocenters. The predicted octanol–water partition coefficient (Wildman–Crippen LogP) is 1.48. The second-order valence-electron chi connectivity index (χ2n) is 4.96. The first-order valence-corrected chi connectivity index (χ1v) is 6.12. The van der Waals surface area contributed by atoms with Crippen LogP contribution in [0.4, 0.5) is 5.69 Å². The lowest BCUT2D eigenvalue weighted by Gasteiger charge is -2.18. The Morgan fingerprint density at radius 1 is 1.22 bits per heavy atom. The molecule has 1 aromatic carbocycles. The second-order valence-corrected chi connectivity index (χ2v) is 4.96. The molecule has 18 heavy (non-hydrogen) atoms. The van der Waals surface area contributed by atoms with Crippen LogP contribution in [-0.4, -0.2) is 43.8 Å². The highest BCUT2D eigenvalue weighted by Crippen LogP contribution is 2.29. The Morgan fingerprint density at radius 3 is 2.61 bits per heavy atom. The average Bonchev–Trinajstić information content (AvgIpc) is 2.54. The fourth-order valence-electron chi connectivity index (χ4n) is 2.18. The standard InChI is InChI=1S/C14H18N2O2/c1-10-5-6-12-11(9-10)13(17)14(18)16(12)8-4-7-15(2)3/h5-6,9H,4,7-8H2,1-3H3. The molecule has 0 aliphatic carbocycles. The van der Waals surface area contributed by atoms with Gasteiger partial charge in [0.1, 0.15) is 0 Å². The highest BCUT2D eigenvalue weighted by Gasteiger charge is 2.35. The molecule has 0 saturated heterocycles. The van der Waals surface area contributed by atoms with Crippen LogP contribution in [-0.2, 0) is 4.79 Å². The lowest BCUT2D eigenvalue weighted by atomic mass is 10.1. The molecule has 0 bridgehead atoms. The number of benzene rings is 1. The molecule has 0 N–H and O–H groups in total. The molecule has 1 heterocycles. The summed E-state index contributed by atoms with van der Waals surface area (Å²) >= 11 is 0. The monoisotopic (exact) mass is 246 g/mol. The van der Waals surface area contributed by atoms with Gasteiger partial charge < -0.3 is 9.80 Å². The molecule has 0 spiro atoms. The fraction of sp³-hybridized carbons (Fsp3) is 0.429. The Balaban J connectivity index is 2.18. The van der Waals surface area contributed by atoms with Crippen LogP contribution in [0.25, 0.3) is 0 Å². The quantitative estimate of drug-likeness (QED) is 0.755. The normalized spacial score (nSPS) is 14.6. The van der Waals surface area contributed by atoms with E-state index in [1.54, 1.807) is 11.0 Å². The topological polar surface area (TPSA) is 40.6 Å². The highest BCUT2D eigenvalue weighted by molar-refractivity contribution is 6.52. The van der Waals surface area contributed by atoms with Crippen molar-refractivity contribution >= 4 is 17.4 Å². The number of ketones is 1. The van der Waals surface area contributed by atoms with E-state index >= 15 is 0 Å². The van der Waals surface area contributed by atoms with E-state index in [-0.39, 0.29) is 5.78 Å². The summed E-state index contributed by atoms with van der Waals surface area (Å²) in [6.45, 7) is 3.42. The SMILES string of the molecule is Cc1ccc2c(c1)C(=O)C(=O)N2CCCN(C)C. The van der Waals surface area contributed by atoms with E-state index in [0.29, 0.717) is 12.1 Å². The summed E-state index contributed by atoms with van der Waals surface area (Å²) in [5, 5.41) is 0. The average molecular weight is 246 g/mol. The third-order valence-electron chi connectivity index (χ3n) is 3.11. The van der Waals surface area contributed by atoms with Crippen LogP contribution < -0.4 is 4.90 Å². The number of amides is 1. The zero-order valence-corrected chi connectivity index (χ0v) is 11.1. The van der Waals surface area contributed by atoms with Crippen molar-refractivity contribution < 1.29 is 9.59 Å². The molecule has 1 aliphatic rings. The predicted molar refractivity (Wildman–Crippen MR) is 71.0 cm³/mol. The van der Waals surface area contributed by atoms with Gasteiger partial charge in [-0.2, -0.15) is 0 Å². The van der Waals surface area contributed by atoms with Crippen LogP contribution in [0.5, 0.6) is 0 Å². The number of anilines is 1. The summed E-state index contributed by atoms with van der Waals surface area (Å²) in [7, 11) is 3.99. The van der Waals surface area contributed by atoms with Crippen LogP contribution in [0.1, 0.15) is 22.3 Å². The van der Waals surface area contributed by atoms with E-state index < -0.39 is 5.91 Å². The van der Waals surface area contributed by atoms with Gasteiger partial charge in [0.25, 0.3) is 11.7 Å². The molecule has 0 atom stereocenters. The van der Waals surface area contributed by atoms with Gasteiger partial charge in [-0.15, -0.1) is 0 Å². The number of carbonyl (C=O) groups is 2. The first-order valence-electron chi connectivity index (χ1n) is 6.12. The first kappa shape index (κ1) is 12.8. The van der Waals surface area contributed by atoms with E-state index in [0.717, 1.165) is 24.2 Å². The van der Waals surface area contributed by atoms with E-state index in [2.05, 4.69) is 4.90 Å². The summed E-state index contributed by atoms with van der Waals surface area (Å²) in [6, 6.07) is 5.59. The molecule has 1 aromatic rings. The van der Waals surface area contributed by atoms with Crippen molar-refractivity contribution in [2.75, 3.05) is 32.1 Å². The second kappa shape index (κ2) is 4.90. The number of hydrogen-bond donors (Lipinski definition) is 0. The Bertz CT molecular complexity index is 495. The fourth-order valence-corrected chi connectivity index (χ4v) is 2.18. The van der Waals surface area contributed by atoms with Gasteiger partial charge in [0.05, 0.1) is 11.3 Å². The third kappa shape index (κ3) is 2.29. The summed E-state index contributed by atoms with van der Waals surface area (Å²) in [5.41, 5.74) is 2.31. The molecule has 1 aliphatic heterocycles. The van der Waals surface area contributed by atoms with Crippen LogP contribution in [0.15, 0.2) is 18.2 Å². The van der Waals surface area contributed by atoms with Crippen LogP contribution in [0.3, 0.4) is 0 Å². The number of carbonyl (C=O) groups excluding carboxylic acids is 2. The molecule has 4 nitrogen and oxygen atoms in total. The van der Waals surface area contributed by atoms with Gasteiger partial charge in [-0.25, -0.2) is 0 Å². The lowest BCUT2D eigenvalue weighted by molar-refractivity contribution is -0.114. The van der Waals surface area contributed by atoms with Gasteiger partial charge in [0, 0.05) is 6.54 Å². The van der Waals surface area contributed by atoms with Gasteiger partial charge >= 0.3 is 0 Å². The minimum atomic E-state index is -0.394. The smallest absolute Gasteiger partial charge is 0.299 e. The molecular formula is C14H18N2O2. The van der Waals surface area contributed by atoms with Crippen molar-refractivity contribution in [2.45, 2.75) is 13.3 Å². The molecule has 0 fully saturated rings. The maximum absolute atomic E-state index is 11.9. The molecule has 0 aromatic heterocycles. The van der Waals surface area contributed by atoms with Crippen LogP contribution in [0.2, 0.25) is 0 Å². The van der Waals surface area contributed by atoms with E-state index in [9.17, 15) is 9.59 Å². The van der Waals surface area contributed by atoms with Crippen molar-refractivity contribution in [3.8, 4) is 0 Å². The Kier molecular flexibility index (Phi) is 3.48. The molecule has 96 valence electrons.